The summed E-state index contributed by atoms with van der Waals surface area (Å²) >= 11 is 9.45. The van der Waals surface area contributed by atoms with Crippen molar-refractivity contribution >= 4 is 29.7 Å². The maximum Gasteiger partial charge on any atom is 0.244 e. The minimum absolute atomic E-state index is 0. The van der Waals surface area contributed by atoms with Crippen molar-refractivity contribution in [2.75, 3.05) is 13.2 Å². The van der Waals surface area contributed by atoms with Gasteiger partial charge in [0, 0.05) is 0 Å². The van der Waals surface area contributed by atoms with E-state index in [1.54, 1.807) is 0 Å². The molecule has 0 fully saturated rings. The van der Waals surface area contributed by atoms with E-state index in [1.807, 2.05) is 0 Å². The van der Waals surface area contributed by atoms with Crippen LogP contribution in [0.1, 0.15) is 40.5 Å². The van der Waals surface area contributed by atoms with Crippen molar-refractivity contribution in [3.63, 3.8) is 0 Å². The van der Waals surface area contributed by atoms with Crippen LogP contribution in [-0.4, -0.2) is 13.2 Å². The largest absolute Gasteiger partial charge is 0.344 e. The molecule has 0 aliphatic rings. The summed E-state index contributed by atoms with van der Waals surface area (Å²) in [6.07, 6.45) is 2.01. The molecular formula is C10H26NO2PS2. The Morgan fingerprint density at radius 1 is 1.00 bits per heavy atom. The van der Waals surface area contributed by atoms with Gasteiger partial charge in [-0.3, -0.25) is 0 Å². The fourth-order valence-corrected chi connectivity index (χ4v) is 2.53. The van der Waals surface area contributed by atoms with Gasteiger partial charge < -0.3 is 15.2 Å². The topological polar surface area (TPSA) is 53.5 Å². The lowest BCUT2D eigenvalue weighted by Gasteiger charge is -2.17. The summed E-state index contributed by atoms with van der Waals surface area (Å²) in [5.41, 5.74) is -2.28. The van der Waals surface area contributed by atoms with Gasteiger partial charge >= 0.3 is 0 Å². The Balaban J connectivity index is 0. The van der Waals surface area contributed by atoms with E-state index in [-0.39, 0.29) is 6.15 Å². The number of hydrogen-bond acceptors (Lipinski definition) is 4. The van der Waals surface area contributed by atoms with Crippen molar-refractivity contribution in [3.8, 4) is 0 Å². The molecule has 0 atom stereocenters. The summed E-state index contributed by atoms with van der Waals surface area (Å²) in [5.74, 6) is 1.26. The molecule has 6 heteroatoms. The van der Waals surface area contributed by atoms with Crippen LogP contribution in [0, 0.1) is 11.8 Å². The number of hydrogen-bond donors (Lipinski definition) is 2. The Bertz CT molecular complexity index is 195. The minimum Gasteiger partial charge on any atom is -0.344 e. The minimum atomic E-state index is -2.28. The molecule has 16 heavy (non-hydrogen) atoms. The summed E-state index contributed by atoms with van der Waals surface area (Å²) in [4.78, 5) is 0. The molecule has 0 amide bonds. The first kappa shape index (κ1) is 19.2. The molecule has 0 radical (unpaired) electrons. The van der Waals surface area contributed by atoms with E-state index in [9.17, 15) is 0 Å². The van der Waals surface area contributed by atoms with Crippen LogP contribution in [0.5, 0.6) is 0 Å². The first-order valence-corrected chi connectivity index (χ1v) is 9.24. The second kappa shape index (κ2) is 9.86. The molecule has 0 saturated carbocycles. The maximum atomic E-state index is 5.49. The summed E-state index contributed by atoms with van der Waals surface area (Å²) in [5, 5.41) is 0. The highest BCUT2D eigenvalue weighted by atomic mass is 32.9. The van der Waals surface area contributed by atoms with Gasteiger partial charge in [-0.25, -0.2) is 0 Å². The third-order valence-corrected chi connectivity index (χ3v) is 4.24. The van der Waals surface area contributed by atoms with Gasteiger partial charge in [-0.2, -0.15) is 0 Å². The zero-order valence-electron chi connectivity index (χ0n) is 10.8. The highest BCUT2D eigenvalue weighted by Crippen LogP contribution is 2.53. The molecule has 0 heterocycles. The third kappa shape index (κ3) is 12.9. The van der Waals surface area contributed by atoms with Gasteiger partial charge in [0.2, 0.25) is 5.69 Å². The predicted molar refractivity (Wildman–Crippen MR) is 79.1 cm³/mol. The van der Waals surface area contributed by atoms with Crippen LogP contribution in [0.2, 0.25) is 0 Å². The van der Waals surface area contributed by atoms with Crippen molar-refractivity contribution in [2.45, 2.75) is 40.5 Å². The lowest BCUT2D eigenvalue weighted by molar-refractivity contribution is 0.238. The van der Waals surface area contributed by atoms with Crippen molar-refractivity contribution < 1.29 is 9.05 Å². The summed E-state index contributed by atoms with van der Waals surface area (Å²) in [7, 11) is 0. The van der Waals surface area contributed by atoms with E-state index in [1.165, 1.54) is 0 Å². The van der Waals surface area contributed by atoms with Gasteiger partial charge in [0.25, 0.3) is 0 Å². The second-order valence-corrected chi connectivity index (χ2v) is 9.79. The van der Waals surface area contributed by atoms with Crippen LogP contribution in [0.25, 0.3) is 0 Å². The maximum absolute atomic E-state index is 5.49. The first-order valence-electron chi connectivity index (χ1n) is 5.45. The van der Waals surface area contributed by atoms with Crippen LogP contribution in [0.15, 0.2) is 0 Å². The zero-order valence-corrected chi connectivity index (χ0v) is 13.4. The third-order valence-electron chi connectivity index (χ3n) is 1.90. The average molecular weight is 287 g/mol. The van der Waals surface area contributed by atoms with Crippen LogP contribution < -0.4 is 6.15 Å². The molecule has 0 aromatic rings. The fourth-order valence-electron chi connectivity index (χ4n) is 0.845. The van der Waals surface area contributed by atoms with E-state index in [4.69, 9.17) is 20.9 Å². The molecule has 3 nitrogen and oxygen atoms in total. The summed E-state index contributed by atoms with van der Waals surface area (Å²) < 4.78 is 11.0. The van der Waals surface area contributed by atoms with Crippen molar-refractivity contribution in [1.29, 1.82) is 0 Å². The lowest BCUT2D eigenvalue weighted by Crippen LogP contribution is -2.00. The van der Waals surface area contributed by atoms with E-state index in [0.717, 1.165) is 12.8 Å². The molecule has 0 unspecified atom stereocenters. The van der Waals surface area contributed by atoms with E-state index in [0.29, 0.717) is 25.0 Å². The number of rotatable bonds is 8. The zero-order chi connectivity index (χ0) is 11.9. The molecule has 0 aromatic carbocycles. The van der Waals surface area contributed by atoms with Crippen LogP contribution in [0.4, 0.5) is 0 Å². The Kier molecular flexibility index (Phi) is 11.9. The Labute approximate surface area is 111 Å². The Morgan fingerprint density at radius 3 is 1.56 bits per heavy atom. The average Bonchev–Trinajstić information content (AvgIpc) is 2.01. The highest BCUT2D eigenvalue weighted by Gasteiger charge is 2.13. The molecule has 3 N–H and O–H groups in total. The molecule has 0 rings (SSSR count). The van der Waals surface area contributed by atoms with Gasteiger partial charge in [-0.1, -0.05) is 39.9 Å². The van der Waals surface area contributed by atoms with Gasteiger partial charge in [-0.15, -0.1) is 0 Å². The molecular weight excluding hydrogens is 261 g/mol. The molecule has 100 valence electrons. The Morgan fingerprint density at radius 2 is 1.31 bits per heavy atom. The monoisotopic (exact) mass is 287 g/mol. The van der Waals surface area contributed by atoms with Crippen LogP contribution >= 0.6 is 17.9 Å². The summed E-state index contributed by atoms with van der Waals surface area (Å²) in [6.45, 7) is 9.94. The standard InChI is InChI=1S/C10H23O2PS2.H3N/c1-9(2)5-7-11-13(14,15)12-8-6-10(3)4;/h9-10H,5-8H2,1-4H3,(H,14,15);1H3. The summed E-state index contributed by atoms with van der Waals surface area (Å²) in [6, 6.07) is 0. The van der Waals surface area contributed by atoms with Crippen molar-refractivity contribution in [3.05, 3.63) is 0 Å². The number of thiol groups is 1. The van der Waals surface area contributed by atoms with Crippen LogP contribution in [0.3, 0.4) is 0 Å². The van der Waals surface area contributed by atoms with Gasteiger partial charge in [0.15, 0.2) is 0 Å². The van der Waals surface area contributed by atoms with Crippen LogP contribution in [-0.2, 0) is 20.9 Å². The van der Waals surface area contributed by atoms with Gasteiger partial charge in [0.05, 0.1) is 13.2 Å². The lowest BCUT2D eigenvalue weighted by atomic mass is 10.2. The Hall–Kier alpha value is 0.880. The SMILES string of the molecule is CC(C)CCOP(=S)(S)OCCC(C)C.N. The molecule has 0 bridgehead atoms. The highest BCUT2D eigenvalue weighted by molar-refractivity contribution is 8.60. The van der Waals surface area contributed by atoms with Gasteiger partial charge in [0.1, 0.15) is 0 Å². The molecule has 0 aromatic heterocycles. The van der Waals surface area contributed by atoms with Gasteiger partial charge in [-0.05, 0) is 36.5 Å². The van der Waals surface area contributed by atoms with E-state index < -0.39 is 5.69 Å². The normalized spacial score (nSPS) is 11.9. The van der Waals surface area contributed by atoms with Crippen molar-refractivity contribution in [1.82, 2.24) is 6.15 Å². The molecule has 0 saturated heterocycles. The van der Waals surface area contributed by atoms with E-state index >= 15 is 0 Å². The van der Waals surface area contributed by atoms with Crippen molar-refractivity contribution in [2.24, 2.45) is 11.8 Å². The fraction of sp³-hybridized carbons (Fsp3) is 1.00. The smallest absolute Gasteiger partial charge is 0.244 e. The molecule has 0 aliphatic heterocycles. The van der Waals surface area contributed by atoms with E-state index in [2.05, 4.69) is 39.9 Å². The second-order valence-electron chi connectivity index (χ2n) is 4.50. The molecule has 0 aliphatic carbocycles. The predicted octanol–water partition coefficient (Wildman–Crippen LogP) is 4.43. The quantitative estimate of drug-likeness (QED) is 0.512. The first-order chi connectivity index (χ1) is 6.83. The molecule has 0 spiro atoms.